The Labute approximate surface area is 88.0 Å². The van der Waals surface area contributed by atoms with Crippen LogP contribution < -0.4 is 5.73 Å². The molecule has 0 bridgehead atoms. The fourth-order valence-electron chi connectivity index (χ4n) is 2.12. The second-order valence-electron chi connectivity index (χ2n) is 4.63. The Kier molecular flexibility index (Phi) is 4.00. The molecule has 0 aliphatic heterocycles. The van der Waals surface area contributed by atoms with E-state index in [2.05, 4.69) is 11.7 Å². The van der Waals surface area contributed by atoms with Crippen LogP contribution in [0.25, 0.3) is 0 Å². The topological polar surface area (TPSA) is 35.2 Å². The first-order valence-electron chi connectivity index (χ1n) is 5.24. The Hall–Kier alpha value is -0.290. The van der Waals surface area contributed by atoms with Crippen LogP contribution in [0.3, 0.4) is 0 Å². The largest absolute Gasteiger partial charge is 0.411 e. The van der Waals surface area contributed by atoms with Crippen LogP contribution in [0.1, 0.15) is 32.6 Å². The smallest absolute Gasteiger partial charge is 0.372 e. The molecule has 2 unspecified atom stereocenters. The minimum absolute atomic E-state index is 0.0999. The summed E-state index contributed by atoms with van der Waals surface area (Å²) in [5, 5.41) is 0. The average Bonchev–Trinajstić information content (AvgIpc) is 2.40. The maximum atomic E-state index is 11.8. The molecule has 0 spiro atoms. The lowest BCUT2D eigenvalue weighted by Gasteiger charge is -2.23. The number of halogens is 3. The van der Waals surface area contributed by atoms with Crippen LogP contribution in [0.5, 0.6) is 0 Å². The number of nitrogens with two attached hydrogens (primary N) is 1. The third-order valence-electron chi connectivity index (χ3n) is 2.90. The molecule has 0 aromatic carbocycles. The van der Waals surface area contributed by atoms with E-state index in [9.17, 15) is 13.2 Å². The summed E-state index contributed by atoms with van der Waals surface area (Å²) >= 11 is 0. The fourth-order valence-corrected chi connectivity index (χ4v) is 2.12. The van der Waals surface area contributed by atoms with E-state index in [1.165, 1.54) is 0 Å². The van der Waals surface area contributed by atoms with Gasteiger partial charge in [0.2, 0.25) is 0 Å². The SMILES string of the molecule is CC1CCC(N)(CCOCC(F)(F)F)C1. The summed E-state index contributed by atoms with van der Waals surface area (Å²) in [4.78, 5) is 0. The molecular formula is C10H18F3NO. The lowest BCUT2D eigenvalue weighted by Crippen LogP contribution is -2.38. The van der Waals surface area contributed by atoms with Gasteiger partial charge in [0.05, 0.1) is 0 Å². The number of hydrogen-bond acceptors (Lipinski definition) is 2. The first kappa shape index (κ1) is 12.8. The monoisotopic (exact) mass is 225 g/mol. The normalized spacial score (nSPS) is 32.2. The van der Waals surface area contributed by atoms with Crippen LogP contribution >= 0.6 is 0 Å². The third kappa shape index (κ3) is 4.84. The molecule has 15 heavy (non-hydrogen) atoms. The van der Waals surface area contributed by atoms with Gasteiger partial charge in [-0.05, 0) is 31.6 Å². The molecule has 2 N–H and O–H groups in total. The highest BCUT2D eigenvalue weighted by molar-refractivity contribution is 4.91. The third-order valence-corrected chi connectivity index (χ3v) is 2.90. The van der Waals surface area contributed by atoms with Crippen LogP contribution in [-0.2, 0) is 4.74 Å². The second kappa shape index (κ2) is 4.70. The molecule has 0 aromatic heterocycles. The minimum Gasteiger partial charge on any atom is -0.372 e. The molecule has 1 rings (SSSR count). The first-order valence-corrected chi connectivity index (χ1v) is 5.24. The highest BCUT2D eigenvalue weighted by Crippen LogP contribution is 2.34. The predicted molar refractivity (Wildman–Crippen MR) is 51.4 cm³/mol. The summed E-state index contributed by atoms with van der Waals surface area (Å²) in [6.07, 6.45) is -0.861. The van der Waals surface area contributed by atoms with Crippen molar-refractivity contribution in [2.45, 2.75) is 44.3 Å². The molecule has 1 fully saturated rings. The predicted octanol–water partition coefficient (Wildman–Crippen LogP) is 2.47. The van der Waals surface area contributed by atoms with Gasteiger partial charge in [0, 0.05) is 12.1 Å². The molecule has 1 aliphatic rings. The van der Waals surface area contributed by atoms with E-state index in [0.29, 0.717) is 12.3 Å². The van der Waals surface area contributed by atoms with E-state index in [1.54, 1.807) is 0 Å². The van der Waals surface area contributed by atoms with E-state index in [4.69, 9.17) is 5.73 Å². The maximum Gasteiger partial charge on any atom is 0.411 e. The van der Waals surface area contributed by atoms with Crippen molar-refractivity contribution in [1.29, 1.82) is 0 Å². The standard InChI is InChI=1S/C10H18F3NO/c1-8-2-3-9(14,6-8)4-5-15-7-10(11,12)13/h8H,2-7,14H2,1H3. The molecule has 0 heterocycles. The van der Waals surface area contributed by atoms with Gasteiger partial charge in [-0.25, -0.2) is 0 Å². The molecule has 5 heteroatoms. The molecule has 90 valence electrons. The number of hydrogen-bond donors (Lipinski definition) is 1. The Bertz CT molecular complexity index is 207. The summed E-state index contributed by atoms with van der Waals surface area (Å²) in [7, 11) is 0. The lowest BCUT2D eigenvalue weighted by atomic mass is 9.94. The van der Waals surface area contributed by atoms with Crippen LogP contribution in [-0.4, -0.2) is 24.9 Å². The highest BCUT2D eigenvalue weighted by atomic mass is 19.4. The van der Waals surface area contributed by atoms with Gasteiger partial charge in [0.25, 0.3) is 0 Å². The van der Waals surface area contributed by atoms with E-state index in [0.717, 1.165) is 19.3 Å². The van der Waals surface area contributed by atoms with Crippen molar-refractivity contribution in [1.82, 2.24) is 0 Å². The van der Waals surface area contributed by atoms with E-state index >= 15 is 0 Å². The van der Waals surface area contributed by atoms with E-state index < -0.39 is 12.8 Å². The van der Waals surface area contributed by atoms with E-state index in [1.807, 2.05) is 0 Å². The zero-order chi connectivity index (χ0) is 11.5. The van der Waals surface area contributed by atoms with Crippen LogP contribution in [0.15, 0.2) is 0 Å². The Morgan fingerprint density at radius 1 is 1.47 bits per heavy atom. The van der Waals surface area contributed by atoms with Gasteiger partial charge in [-0.2, -0.15) is 13.2 Å². The van der Waals surface area contributed by atoms with Crippen molar-refractivity contribution in [3.8, 4) is 0 Å². The van der Waals surface area contributed by atoms with Gasteiger partial charge in [0.1, 0.15) is 6.61 Å². The van der Waals surface area contributed by atoms with Crippen molar-refractivity contribution in [2.75, 3.05) is 13.2 Å². The van der Waals surface area contributed by atoms with Crippen molar-refractivity contribution in [3.63, 3.8) is 0 Å². The molecule has 1 aliphatic carbocycles. The van der Waals surface area contributed by atoms with Crippen LogP contribution in [0, 0.1) is 5.92 Å². The molecular weight excluding hydrogens is 207 g/mol. The Balaban J connectivity index is 2.15. The van der Waals surface area contributed by atoms with Gasteiger partial charge in [-0.15, -0.1) is 0 Å². The van der Waals surface area contributed by atoms with E-state index in [-0.39, 0.29) is 12.1 Å². The number of rotatable bonds is 4. The second-order valence-corrected chi connectivity index (χ2v) is 4.63. The lowest BCUT2D eigenvalue weighted by molar-refractivity contribution is -0.174. The van der Waals surface area contributed by atoms with Gasteiger partial charge >= 0.3 is 6.18 Å². The van der Waals surface area contributed by atoms with Crippen LogP contribution in [0.2, 0.25) is 0 Å². The van der Waals surface area contributed by atoms with Crippen molar-refractivity contribution >= 4 is 0 Å². The zero-order valence-corrected chi connectivity index (χ0v) is 8.94. The van der Waals surface area contributed by atoms with Gasteiger partial charge < -0.3 is 10.5 Å². The summed E-state index contributed by atoms with van der Waals surface area (Å²) in [5.41, 5.74) is 5.74. The highest BCUT2D eigenvalue weighted by Gasteiger charge is 2.34. The number of ether oxygens (including phenoxy) is 1. The summed E-state index contributed by atoms with van der Waals surface area (Å²) in [6, 6.07) is 0. The summed E-state index contributed by atoms with van der Waals surface area (Å²) in [6.45, 7) is 1.05. The minimum atomic E-state index is -4.23. The van der Waals surface area contributed by atoms with Crippen molar-refractivity contribution in [3.05, 3.63) is 0 Å². The molecule has 0 radical (unpaired) electrons. The quantitative estimate of drug-likeness (QED) is 0.746. The van der Waals surface area contributed by atoms with Gasteiger partial charge in [0.15, 0.2) is 0 Å². The average molecular weight is 225 g/mol. The fraction of sp³-hybridized carbons (Fsp3) is 1.00. The molecule has 0 aromatic rings. The molecule has 1 saturated carbocycles. The van der Waals surface area contributed by atoms with Crippen molar-refractivity contribution < 1.29 is 17.9 Å². The number of alkyl halides is 3. The molecule has 0 saturated heterocycles. The Morgan fingerprint density at radius 2 is 2.13 bits per heavy atom. The Morgan fingerprint density at radius 3 is 2.60 bits per heavy atom. The summed E-state index contributed by atoms with van der Waals surface area (Å²) in [5.74, 6) is 0.581. The zero-order valence-electron chi connectivity index (χ0n) is 8.94. The van der Waals surface area contributed by atoms with Gasteiger partial charge in [-0.1, -0.05) is 6.92 Å². The summed E-state index contributed by atoms with van der Waals surface area (Å²) < 4.78 is 39.8. The van der Waals surface area contributed by atoms with Gasteiger partial charge in [-0.3, -0.25) is 0 Å². The van der Waals surface area contributed by atoms with Crippen LogP contribution in [0.4, 0.5) is 13.2 Å². The maximum absolute atomic E-state index is 11.8. The molecule has 2 nitrogen and oxygen atoms in total. The molecule has 0 amide bonds. The first-order chi connectivity index (χ1) is 6.81. The van der Waals surface area contributed by atoms with Crippen molar-refractivity contribution in [2.24, 2.45) is 11.7 Å². The molecule has 2 atom stereocenters.